The number of amides is 2. The van der Waals surface area contributed by atoms with Gasteiger partial charge in [0.05, 0.1) is 11.3 Å². The Hall–Kier alpha value is -2.16. The molecule has 1 aromatic rings. The van der Waals surface area contributed by atoms with Crippen LogP contribution in [0.2, 0.25) is 0 Å². The van der Waals surface area contributed by atoms with Gasteiger partial charge in [-0.1, -0.05) is 0 Å². The number of aromatic nitrogens is 1. The second-order valence-electron chi connectivity index (χ2n) is 6.32. The van der Waals surface area contributed by atoms with Crippen LogP contribution in [0.3, 0.4) is 0 Å². The smallest absolute Gasteiger partial charge is 0.354 e. The third kappa shape index (κ3) is 4.94. The van der Waals surface area contributed by atoms with Gasteiger partial charge >= 0.3 is 6.18 Å². The molecule has 144 valence electrons. The monoisotopic (exact) mass is 372 g/mol. The number of nitrogens with one attached hydrogen (secondary N) is 1. The van der Waals surface area contributed by atoms with E-state index in [1.807, 2.05) is 0 Å². The summed E-state index contributed by atoms with van der Waals surface area (Å²) in [5.41, 5.74) is 4.51. The van der Waals surface area contributed by atoms with Gasteiger partial charge in [0.25, 0.3) is 5.91 Å². The van der Waals surface area contributed by atoms with Crippen molar-refractivity contribution < 1.29 is 22.8 Å². The summed E-state index contributed by atoms with van der Waals surface area (Å²) in [6.07, 6.45) is -1.88. The first-order chi connectivity index (χ1) is 12.2. The number of nitrogens with zero attached hydrogens (tertiary/aromatic N) is 2. The highest BCUT2D eigenvalue weighted by molar-refractivity contribution is 5.95. The molecule has 3 N–H and O–H groups in total. The number of halogens is 3. The number of carbonyl (C=O) groups is 2. The van der Waals surface area contributed by atoms with Crippen LogP contribution in [0.25, 0.3) is 0 Å². The van der Waals surface area contributed by atoms with E-state index < -0.39 is 11.9 Å². The molecule has 0 aliphatic carbocycles. The van der Waals surface area contributed by atoms with E-state index in [0.717, 1.165) is 25.3 Å². The van der Waals surface area contributed by atoms with Gasteiger partial charge in [0.2, 0.25) is 5.91 Å². The third-order valence-electron chi connectivity index (χ3n) is 4.40. The Balaban J connectivity index is 2.14. The molecule has 0 bridgehead atoms. The van der Waals surface area contributed by atoms with Crippen LogP contribution in [0.5, 0.6) is 0 Å². The van der Waals surface area contributed by atoms with Crippen molar-refractivity contribution in [2.24, 2.45) is 5.73 Å². The van der Waals surface area contributed by atoms with E-state index in [1.54, 1.807) is 4.90 Å². The molecule has 6 nitrogen and oxygen atoms in total. The molecule has 1 unspecified atom stereocenters. The highest BCUT2D eigenvalue weighted by Gasteiger charge is 2.34. The van der Waals surface area contributed by atoms with Crippen molar-refractivity contribution in [3.8, 4) is 0 Å². The molecule has 1 fully saturated rings. The van der Waals surface area contributed by atoms with Crippen molar-refractivity contribution in [3.05, 3.63) is 29.1 Å². The average Bonchev–Trinajstić information content (AvgIpc) is 2.59. The Labute approximate surface area is 149 Å². The maximum Gasteiger partial charge on any atom is 0.433 e. The molecular weight excluding hydrogens is 349 g/mol. The van der Waals surface area contributed by atoms with Crippen LogP contribution in [0.4, 0.5) is 13.2 Å². The molecule has 0 radical (unpaired) electrons. The van der Waals surface area contributed by atoms with Gasteiger partial charge < -0.3 is 16.0 Å². The molecule has 1 aromatic heterocycles. The van der Waals surface area contributed by atoms with Crippen LogP contribution >= 0.6 is 0 Å². The normalized spacial score (nSPS) is 17.9. The quantitative estimate of drug-likeness (QED) is 0.826. The Morgan fingerprint density at radius 3 is 2.69 bits per heavy atom. The minimum absolute atomic E-state index is 0.0429. The molecule has 0 saturated carbocycles. The fourth-order valence-electron chi connectivity index (χ4n) is 3.03. The lowest BCUT2D eigenvalue weighted by atomic mass is 10.00. The molecule has 9 heteroatoms. The molecule has 1 aliphatic rings. The van der Waals surface area contributed by atoms with Crippen molar-refractivity contribution in [1.82, 2.24) is 15.2 Å². The average molecular weight is 372 g/mol. The largest absolute Gasteiger partial charge is 0.433 e. The number of pyridine rings is 1. The van der Waals surface area contributed by atoms with E-state index in [4.69, 9.17) is 5.73 Å². The molecule has 26 heavy (non-hydrogen) atoms. The summed E-state index contributed by atoms with van der Waals surface area (Å²) in [4.78, 5) is 29.6. The van der Waals surface area contributed by atoms with Gasteiger partial charge in [0, 0.05) is 32.1 Å². The number of piperidine rings is 1. The summed E-state index contributed by atoms with van der Waals surface area (Å²) in [7, 11) is 0. The van der Waals surface area contributed by atoms with Crippen LogP contribution < -0.4 is 11.1 Å². The zero-order valence-corrected chi connectivity index (χ0v) is 14.6. The lowest BCUT2D eigenvalue weighted by Crippen LogP contribution is -2.49. The Morgan fingerprint density at radius 2 is 2.08 bits per heavy atom. The topological polar surface area (TPSA) is 88.3 Å². The zero-order chi connectivity index (χ0) is 19.3. The highest BCUT2D eigenvalue weighted by atomic mass is 19.4. The van der Waals surface area contributed by atoms with Gasteiger partial charge in [-0.15, -0.1) is 0 Å². The maximum absolute atomic E-state index is 12.8. The predicted molar refractivity (Wildman–Crippen MR) is 89.3 cm³/mol. The minimum atomic E-state index is -4.55. The van der Waals surface area contributed by atoms with Gasteiger partial charge in [-0.25, -0.2) is 4.98 Å². The fraction of sp³-hybridized carbons (Fsp3) is 0.588. The minimum Gasteiger partial charge on any atom is -0.354 e. The van der Waals surface area contributed by atoms with E-state index >= 15 is 0 Å². The molecule has 2 heterocycles. The highest BCUT2D eigenvalue weighted by Crippen LogP contribution is 2.29. The number of hydrogen-bond acceptors (Lipinski definition) is 4. The number of aryl methyl sites for hydroxylation is 1. The molecule has 1 saturated heterocycles. The number of likely N-dealkylation sites (tertiary alicyclic amines) is 1. The first kappa shape index (κ1) is 20.2. The molecule has 2 amide bonds. The van der Waals surface area contributed by atoms with Gasteiger partial charge in [-0.2, -0.15) is 13.2 Å². The Morgan fingerprint density at radius 1 is 1.35 bits per heavy atom. The Bertz CT molecular complexity index is 664. The SMILES string of the molecule is Cc1nc(C(F)(F)F)ccc1C(=O)N1CCCCC1CNC(=O)CCN. The van der Waals surface area contributed by atoms with Crippen molar-refractivity contribution in [3.63, 3.8) is 0 Å². The molecule has 0 aromatic carbocycles. The summed E-state index contributed by atoms with van der Waals surface area (Å²) >= 11 is 0. The van der Waals surface area contributed by atoms with E-state index in [-0.39, 0.29) is 42.1 Å². The zero-order valence-electron chi connectivity index (χ0n) is 14.6. The summed E-state index contributed by atoms with van der Waals surface area (Å²) in [5.74, 6) is -0.542. The standard InChI is InChI=1S/C17H23F3N4O2/c1-11-13(5-6-14(23-11)17(18,19)20)16(26)24-9-3-2-4-12(24)10-22-15(25)7-8-21/h5-6,12H,2-4,7-10,21H2,1H3,(H,22,25). The van der Waals surface area contributed by atoms with E-state index in [0.29, 0.717) is 13.1 Å². The lowest BCUT2D eigenvalue weighted by Gasteiger charge is -2.36. The van der Waals surface area contributed by atoms with Gasteiger partial charge in [-0.3, -0.25) is 9.59 Å². The first-order valence-corrected chi connectivity index (χ1v) is 8.56. The van der Waals surface area contributed by atoms with Gasteiger partial charge in [-0.05, 0) is 38.3 Å². The first-order valence-electron chi connectivity index (χ1n) is 8.56. The Kier molecular flexibility index (Phi) is 6.57. The number of hydrogen-bond donors (Lipinski definition) is 2. The second kappa shape index (κ2) is 8.48. The number of nitrogens with two attached hydrogens (primary N) is 1. The molecule has 1 atom stereocenters. The van der Waals surface area contributed by atoms with Crippen LogP contribution in [0.15, 0.2) is 12.1 Å². The van der Waals surface area contributed by atoms with Crippen molar-refractivity contribution in [1.29, 1.82) is 0 Å². The van der Waals surface area contributed by atoms with Gasteiger partial charge in [0.1, 0.15) is 5.69 Å². The summed E-state index contributed by atoms with van der Waals surface area (Å²) in [6, 6.07) is 1.80. The number of rotatable bonds is 5. The maximum atomic E-state index is 12.8. The van der Waals surface area contributed by atoms with Crippen LogP contribution in [0.1, 0.15) is 47.4 Å². The summed E-state index contributed by atoms with van der Waals surface area (Å²) in [6.45, 7) is 2.44. The summed E-state index contributed by atoms with van der Waals surface area (Å²) < 4.78 is 38.2. The fourth-order valence-corrected chi connectivity index (χ4v) is 3.03. The molecular formula is C17H23F3N4O2. The van der Waals surface area contributed by atoms with Crippen LogP contribution in [0, 0.1) is 6.92 Å². The molecule has 2 rings (SSSR count). The summed E-state index contributed by atoms with van der Waals surface area (Å²) in [5, 5.41) is 2.76. The van der Waals surface area contributed by atoms with E-state index in [9.17, 15) is 22.8 Å². The van der Waals surface area contributed by atoms with Crippen molar-refractivity contribution in [2.45, 2.75) is 44.8 Å². The van der Waals surface area contributed by atoms with E-state index in [2.05, 4.69) is 10.3 Å². The van der Waals surface area contributed by atoms with Crippen molar-refractivity contribution >= 4 is 11.8 Å². The third-order valence-corrected chi connectivity index (χ3v) is 4.40. The van der Waals surface area contributed by atoms with Crippen LogP contribution in [-0.2, 0) is 11.0 Å². The number of alkyl halides is 3. The second-order valence-corrected chi connectivity index (χ2v) is 6.32. The lowest BCUT2D eigenvalue weighted by molar-refractivity contribution is -0.141. The van der Waals surface area contributed by atoms with Gasteiger partial charge in [0.15, 0.2) is 0 Å². The van der Waals surface area contributed by atoms with Crippen LogP contribution in [-0.4, -0.2) is 47.4 Å². The van der Waals surface area contributed by atoms with E-state index in [1.165, 1.54) is 13.0 Å². The molecule has 1 aliphatic heterocycles. The van der Waals surface area contributed by atoms with Crippen molar-refractivity contribution in [2.75, 3.05) is 19.6 Å². The predicted octanol–water partition coefficient (Wildman–Crippen LogP) is 1.87. The number of carbonyl (C=O) groups excluding carboxylic acids is 2. The molecule has 0 spiro atoms.